The van der Waals surface area contributed by atoms with Crippen molar-refractivity contribution in [1.82, 2.24) is 54.7 Å². The number of nitrogens with zero attached hydrogens (tertiary/aromatic N) is 13. The summed E-state index contributed by atoms with van der Waals surface area (Å²) >= 11 is 0. The minimum absolute atomic E-state index is 0.380. The quantitative estimate of drug-likeness (QED) is 0.421. The molecule has 0 aromatic carbocycles. The van der Waals surface area contributed by atoms with Gasteiger partial charge in [-0.05, 0) is 95.2 Å². The zero-order valence-corrected chi connectivity index (χ0v) is 26.4. The van der Waals surface area contributed by atoms with E-state index in [9.17, 15) is 0 Å². The lowest BCUT2D eigenvalue weighted by Gasteiger charge is -2.18. The summed E-state index contributed by atoms with van der Waals surface area (Å²) in [7, 11) is 0. The zero-order chi connectivity index (χ0) is 29.9. The van der Waals surface area contributed by atoms with Gasteiger partial charge in [0.05, 0.1) is 37.7 Å². The highest BCUT2D eigenvalue weighted by molar-refractivity contribution is 4.69. The number of likely N-dealkylation sites (tertiary alicyclic amines) is 1. The first kappa shape index (κ1) is 34.8. The van der Waals surface area contributed by atoms with Crippen molar-refractivity contribution >= 4 is 0 Å². The maximum Gasteiger partial charge on any atom is 0.119 e. The maximum atomic E-state index is 3.92. The predicted octanol–water partition coefficient (Wildman–Crippen LogP) is 5.15. The van der Waals surface area contributed by atoms with Gasteiger partial charge < -0.3 is 9.47 Å². The van der Waals surface area contributed by atoms with Crippen LogP contribution in [0.2, 0.25) is 0 Å². The van der Waals surface area contributed by atoms with Gasteiger partial charge >= 0.3 is 0 Å². The summed E-state index contributed by atoms with van der Waals surface area (Å²) in [4.78, 5) is 4.19. The van der Waals surface area contributed by atoms with E-state index in [-0.39, 0.29) is 0 Å². The molecule has 40 heavy (non-hydrogen) atoms. The fourth-order valence-corrected chi connectivity index (χ4v) is 3.40. The van der Waals surface area contributed by atoms with E-state index in [2.05, 4.69) is 101 Å². The molecular formula is C27H53N13. The third-order valence-electron chi connectivity index (χ3n) is 5.98. The monoisotopic (exact) mass is 559 g/mol. The molecule has 1 fully saturated rings. The highest BCUT2D eigenvalue weighted by atomic mass is 15.6. The van der Waals surface area contributed by atoms with Crippen molar-refractivity contribution < 1.29 is 0 Å². The normalized spacial score (nSPS) is 14.5. The van der Waals surface area contributed by atoms with Gasteiger partial charge in [0.1, 0.15) is 12.7 Å². The van der Waals surface area contributed by atoms with E-state index in [1.807, 2.05) is 29.6 Å². The fourth-order valence-electron chi connectivity index (χ4n) is 3.40. The Balaban J connectivity index is 0.000000250. The SMILES string of the molecule is CC(C)N1CCCC1.CC(C)N1CCN=N1.CC(C)n1ccnn1.CC(C)n1cnnc1.CC(C)n1nccn1. The molecule has 13 heteroatoms. The molecule has 0 radical (unpaired) electrons. The Kier molecular flexibility index (Phi) is 17.2. The highest BCUT2D eigenvalue weighted by Crippen LogP contribution is 2.10. The summed E-state index contributed by atoms with van der Waals surface area (Å²) in [5.41, 5.74) is 0. The molecule has 5 rings (SSSR count). The molecule has 0 unspecified atom stereocenters. The molecular weight excluding hydrogens is 506 g/mol. The number of aromatic nitrogens is 9. The van der Waals surface area contributed by atoms with Crippen molar-refractivity contribution in [2.24, 2.45) is 10.3 Å². The third-order valence-corrected chi connectivity index (χ3v) is 5.98. The standard InChI is InChI=1S/C7H15N.C5H9N3.C5H11N3.2C5H9N3/c1-7(2)8-5-3-4-6-8;1-5(2)8-3-6-7-4-8;2*1-5(2)8-4-3-6-7-8;1-5(2)8-6-3-4-7-8/h7H,3-6H2,1-2H3;3-5H,1-2H3;5H,3-4H2,1-2H3;2*3-5H,1-2H3. The molecule has 5 heterocycles. The van der Waals surface area contributed by atoms with Crippen LogP contribution in [0.25, 0.3) is 0 Å². The van der Waals surface area contributed by atoms with Gasteiger partial charge in [0, 0.05) is 30.4 Å². The summed E-state index contributed by atoms with van der Waals surface area (Å²) in [5.74, 6) is 0. The van der Waals surface area contributed by atoms with E-state index in [0.717, 1.165) is 19.1 Å². The first-order chi connectivity index (χ1) is 19.0. The molecule has 1 saturated heterocycles. The van der Waals surface area contributed by atoms with Crippen LogP contribution in [-0.4, -0.2) is 92.9 Å². The van der Waals surface area contributed by atoms with Gasteiger partial charge in [0.2, 0.25) is 0 Å². The number of rotatable bonds is 5. The molecule has 0 bridgehead atoms. The maximum absolute atomic E-state index is 3.92. The third kappa shape index (κ3) is 14.8. The molecule has 0 N–H and O–H groups in total. The summed E-state index contributed by atoms with van der Waals surface area (Å²) in [6.07, 6.45) is 13.1. The molecule has 226 valence electrons. The second-order valence-corrected chi connectivity index (χ2v) is 11.0. The molecule has 0 saturated carbocycles. The Hall–Kier alpha value is -3.22. The molecule has 3 aromatic rings. The van der Waals surface area contributed by atoms with E-state index in [1.165, 1.54) is 25.9 Å². The van der Waals surface area contributed by atoms with Gasteiger partial charge in [-0.15, -0.1) is 15.3 Å². The van der Waals surface area contributed by atoms with Crippen LogP contribution in [-0.2, 0) is 0 Å². The first-order valence-corrected chi connectivity index (χ1v) is 14.5. The minimum atomic E-state index is 0.380. The summed E-state index contributed by atoms with van der Waals surface area (Å²) in [6, 6.07) is 2.58. The zero-order valence-electron chi connectivity index (χ0n) is 26.4. The van der Waals surface area contributed by atoms with E-state index in [0.29, 0.717) is 24.2 Å². The number of hydrogen-bond acceptors (Lipinski definition) is 10. The van der Waals surface area contributed by atoms with Crippen LogP contribution in [0.5, 0.6) is 0 Å². The number of hydrogen-bond donors (Lipinski definition) is 0. The smallest absolute Gasteiger partial charge is 0.119 e. The second-order valence-electron chi connectivity index (χ2n) is 11.0. The van der Waals surface area contributed by atoms with Crippen molar-refractivity contribution in [2.45, 2.75) is 112 Å². The molecule has 3 aromatic heterocycles. The van der Waals surface area contributed by atoms with Crippen LogP contribution in [0, 0.1) is 0 Å². The van der Waals surface area contributed by atoms with Gasteiger partial charge in [-0.3, -0.25) is 9.69 Å². The van der Waals surface area contributed by atoms with Crippen molar-refractivity contribution in [1.29, 1.82) is 0 Å². The van der Waals surface area contributed by atoms with E-state index in [1.54, 1.807) is 40.7 Å². The van der Waals surface area contributed by atoms with Crippen molar-refractivity contribution in [3.05, 3.63) is 37.4 Å². The van der Waals surface area contributed by atoms with Gasteiger partial charge in [-0.1, -0.05) is 10.4 Å². The average molecular weight is 560 g/mol. The molecule has 2 aliphatic heterocycles. The van der Waals surface area contributed by atoms with Gasteiger partial charge in [-0.25, -0.2) is 0 Å². The van der Waals surface area contributed by atoms with Crippen LogP contribution < -0.4 is 0 Å². The lowest BCUT2D eigenvalue weighted by molar-refractivity contribution is 0.258. The summed E-state index contributed by atoms with van der Waals surface area (Å²) < 4.78 is 3.75. The first-order valence-electron chi connectivity index (χ1n) is 14.5. The van der Waals surface area contributed by atoms with Gasteiger partial charge in [-0.2, -0.15) is 20.1 Å². The van der Waals surface area contributed by atoms with E-state index >= 15 is 0 Å². The fraction of sp³-hybridized carbons (Fsp3) is 0.778. The minimum Gasteiger partial charge on any atom is -0.318 e. The Bertz CT molecular complexity index is 865. The van der Waals surface area contributed by atoms with E-state index < -0.39 is 0 Å². The topological polar surface area (TPSA) is 123 Å². The van der Waals surface area contributed by atoms with Crippen LogP contribution in [0.1, 0.15) is 100 Å². The molecule has 0 spiro atoms. The van der Waals surface area contributed by atoms with Crippen molar-refractivity contribution in [3.8, 4) is 0 Å². The Labute approximate surface area is 241 Å². The molecule has 2 aliphatic rings. The lowest BCUT2D eigenvalue weighted by Crippen LogP contribution is -2.26. The average Bonchev–Trinajstić information content (AvgIpc) is 3.74. The molecule has 13 nitrogen and oxygen atoms in total. The second kappa shape index (κ2) is 19.8. The van der Waals surface area contributed by atoms with Crippen LogP contribution in [0.15, 0.2) is 47.8 Å². The molecule has 0 amide bonds. The Morgan fingerprint density at radius 3 is 1.45 bits per heavy atom. The van der Waals surface area contributed by atoms with Crippen molar-refractivity contribution in [2.75, 3.05) is 26.2 Å². The molecule has 0 atom stereocenters. The van der Waals surface area contributed by atoms with Crippen LogP contribution in [0.3, 0.4) is 0 Å². The van der Waals surface area contributed by atoms with Gasteiger partial charge in [0.15, 0.2) is 0 Å². The van der Waals surface area contributed by atoms with Gasteiger partial charge in [0.25, 0.3) is 0 Å². The highest BCUT2D eigenvalue weighted by Gasteiger charge is 2.13. The van der Waals surface area contributed by atoms with Crippen LogP contribution in [0.4, 0.5) is 0 Å². The molecule has 0 aliphatic carbocycles. The van der Waals surface area contributed by atoms with Crippen LogP contribution >= 0.6 is 0 Å². The van der Waals surface area contributed by atoms with Crippen molar-refractivity contribution in [3.63, 3.8) is 0 Å². The predicted molar refractivity (Wildman–Crippen MR) is 159 cm³/mol. The lowest BCUT2D eigenvalue weighted by atomic mass is 10.3. The summed E-state index contributed by atoms with van der Waals surface area (Å²) in [6.45, 7) is 25.7. The summed E-state index contributed by atoms with van der Waals surface area (Å²) in [5, 5.41) is 32.3. The van der Waals surface area contributed by atoms with E-state index in [4.69, 9.17) is 0 Å². The Morgan fingerprint density at radius 2 is 1.20 bits per heavy atom. The largest absolute Gasteiger partial charge is 0.318 e. The Morgan fingerprint density at radius 1 is 0.600 bits per heavy atom.